The highest BCUT2D eigenvalue weighted by Gasteiger charge is 2.64. The minimum atomic E-state index is -0.290. The van der Waals surface area contributed by atoms with Crippen LogP contribution in [0.1, 0.15) is 30.4 Å². The third-order valence-corrected chi connectivity index (χ3v) is 7.47. The summed E-state index contributed by atoms with van der Waals surface area (Å²) >= 11 is 0. The lowest BCUT2D eigenvalue weighted by atomic mass is 9.63. The molecule has 0 unspecified atom stereocenters. The molecule has 2 aromatic carbocycles. The van der Waals surface area contributed by atoms with Crippen LogP contribution in [0.3, 0.4) is 0 Å². The molecule has 2 heterocycles. The maximum absolute atomic E-state index is 13.3. The first kappa shape index (κ1) is 20.5. The number of ether oxygens (including phenoxy) is 2. The molecule has 5 rings (SSSR count). The van der Waals surface area contributed by atoms with Gasteiger partial charge in [-0.2, -0.15) is 0 Å². The van der Waals surface area contributed by atoms with Crippen LogP contribution in [0.15, 0.2) is 60.7 Å². The van der Waals surface area contributed by atoms with Crippen molar-refractivity contribution in [3.8, 4) is 0 Å². The highest BCUT2D eigenvalue weighted by molar-refractivity contribution is 5.72. The Morgan fingerprint density at radius 1 is 1.00 bits per heavy atom. The summed E-state index contributed by atoms with van der Waals surface area (Å²) in [5.74, 6) is 0.651. The molecule has 2 aromatic rings. The first-order valence-electron chi connectivity index (χ1n) is 11.5. The lowest BCUT2D eigenvalue weighted by Gasteiger charge is -2.55. The predicted octanol–water partition coefficient (Wildman–Crippen LogP) is 4.32. The Labute approximate surface area is 184 Å². The van der Waals surface area contributed by atoms with E-state index < -0.39 is 0 Å². The number of hydrogen-bond donors (Lipinski definition) is 0. The van der Waals surface area contributed by atoms with Crippen LogP contribution in [0, 0.1) is 11.8 Å². The van der Waals surface area contributed by atoms with Crippen molar-refractivity contribution in [1.29, 1.82) is 0 Å². The Balaban J connectivity index is 1.50. The molecule has 5 heteroatoms. The molecule has 3 fully saturated rings. The Morgan fingerprint density at radius 2 is 1.65 bits per heavy atom. The number of amides is 1. The molecule has 164 valence electrons. The lowest BCUT2D eigenvalue weighted by molar-refractivity contribution is -0.0998. The average molecular weight is 421 g/mol. The molecule has 2 aliphatic heterocycles. The number of carbonyl (C=O) groups is 1. The van der Waals surface area contributed by atoms with Gasteiger partial charge in [0.05, 0.1) is 12.1 Å². The summed E-state index contributed by atoms with van der Waals surface area (Å²) in [7, 11) is 1.75. The van der Waals surface area contributed by atoms with Crippen LogP contribution in [0.4, 0.5) is 4.79 Å². The Hall–Kier alpha value is -2.37. The van der Waals surface area contributed by atoms with Crippen LogP contribution in [-0.4, -0.2) is 54.3 Å². The first-order chi connectivity index (χ1) is 15.2. The Bertz CT molecular complexity index is 886. The first-order valence-corrected chi connectivity index (χ1v) is 11.5. The van der Waals surface area contributed by atoms with Gasteiger partial charge in [-0.3, -0.25) is 9.80 Å². The van der Waals surface area contributed by atoms with Gasteiger partial charge in [-0.15, -0.1) is 0 Å². The van der Waals surface area contributed by atoms with Crippen LogP contribution in [-0.2, 0) is 22.6 Å². The van der Waals surface area contributed by atoms with E-state index in [0.29, 0.717) is 19.1 Å². The van der Waals surface area contributed by atoms with Crippen LogP contribution in [0.25, 0.3) is 0 Å². The smallest absolute Gasteiger partial charge is 0.411 e. The van der Waals surface area contributed by atoms with E-state index in [9.17, 15) is 4.79 Å². The van der Waals surface area contributed by atoms with E-state index in [1.165, 1.54) is 12.0 Å². The van der Waals surface area contributed by atoms with E-state index in [1.54, 1.807) is 7.11 Å². The van der Waals surface area contributed by atoms with Gasteiger partial charge in [0.1, 0.15) is 6.10 Å². The second-order valence-corrected chi connectivity index (χ2v) is 9.37. The van der Waals surface area contributed by atoms with Crippen LogP contribution < -0.4 is 0 Å². The van der Waals surface area contributed by atoms with Gasteiger partial charge in [-0.05, 0) is 29.9 Å². The SMILES string of the molecule is COC[C@@H]1CN(Cc2ccccc2)C[C@@]2(C3CCC3)[C@@H]1OC(=O)N2Cc1ccccc1. The number of likely N-dealkylation sites (tertiary alicyclic amines) is 1. The average Bonchev–Trinajstić information content (AvgIpc) is 3.01. The third-order valence-electron chi connectivity index (χ3n) is 7.47. The minimum absolute atomic E-state index is 0.110. The maximum Gasteiger partial charge on any atom is 0.411 e. The fraction of sp³-hybridized carbons (Fsp3) is 0.500. The summed E-state index contributed by atoms with van der Waals surface area (Å²) in [6.07, 6.45) is 3.29. The van der Waals surface area contributed by atoms with Gasteiger partial charge in [0, 0.05) is 39.2 Å². The van der Waals surface area contributed by atoms with Crippen molar-refractivity contribution < 1.29 is 14.3 Å². The molecular weight excluding hydrogens is 388 g/mol. The van der Waals surface area contributed by atoms with Crippen LogP contribution in [0.2, 0.25) is 0 Å². The van der Waals surface area contributed by atoms with E-state index in [1.807, 2.05) is 18.2 Å². The number of fused-ring (bicyclic) bond motifs is 1. The van der Waals surface area contributed by atoms with Crippen molar-refractivity contribution in [2.45, 2.75) is 44.0 Å². The van der Waals surface area contributed by atoms with Gasteiger partial charge in [0.15, 0.2) is 0 Å². The molecule has 31 heavy (non-hydrogen) atoms. The fourth-order valence-corrected chi connectivity index (χ4v) is 5.91. The van der Waals surface area contributed by atoms with Gasteiger partial charge in [-0.1, -0.05) is 67.1 Å². The molecule has 3 atom stereocenters. The number of methoxy groups -OCH3 is 1. The molecule has 1 saturated carbocycles. The van der Waals surface area contributed by atoms with Gasteiger partial charge >= 0.3 is 6.09 Å². The zero-order chi connectivity index (χ0) is 21.3. The highest BCUT2D eigenvalue weighted by Crippen LogP contribution is 2.51. The molecule has 1 amide bonds. The molecular formula is C26H32N2O3. The van der Waals surface area contributed by atoms with Crippen molar-refractivity contribution in [1.82, 2.24) is 9.80 Å². The molecule has 3 aliphatic rings. The van der Waals surface area contributed by atoms with Gasteiger partial charge in [0.2, 0.25) is 0 Å². The monoisotopic (exact) mass is 420 g/mol. The summed E-state index contributed by atoms with van der Waals surface area (Å²) in [5, 5.41) is 0. The summed E-state index contributed by atoms with van der Waals surface area (Å²) in [6, 6.07) is 20.9. The van der Waals surface area contributed by atoms with E-state index >= 15 is 0 Å². The lowest BCUT2D eigenvalue weighted by Crippen LogP contribution is -2.69. The Morgan fingerprint density at radius 3 is 2.23 bits per heavy atom. The van der Waals surface area contributed by atoms with Crippen molar-refractivity contribution in [3.05, 3.63) is 71.8 Å². The number of benzene rings is 2. The summed E-state index contributed by atoms with van der Waals surface area (Å²) < 4.78 is 11.8. The molecule has 0 bridgehead atoms. The van der Waals surface area contributed by atoms with Gasteiger partial charge < -0.3 is 9.47 Å². The number of rotatable bonds is 7. The van der Waals surface area contributed by atoms with Gasteiger partial charge in [0.25, 0.3) is 0 Å². The molecule has 0 aromatic heterocycles. The Kier molecular flexibility index (Phi) is 5.72. The minimum Gasteiger partial charge on any atom is -0.443 e. The van der Waals surface area contributed by atoms with E-state index in [2.05, 4.69) is 52.3 Å². The normalized spacial score (nSPS) is 28.8. The molecule has 5 nitrogen and oxygen atoms in total. The molecule has 1 aliphatic carbocycles. The van der Waals surface area contributed by atoms with E-state index in [-0.39, 0.29) is 23.7 Å². The summed E-state index contributed by atoms with van der Waals surface area (Å²) in [4.78, 5) is 17.8. The highest BCUT2D eigenvalue weighted by atomic mass is 16.6. The quantitative estimate of drug-likeness (QED) is 0.669. The van der Waals surface area contributed by atoms with Crippen molar-refractivity contribution in [2.75, 3.05) is 26.8 Å². The summed E-state index contributed by atoms with van der Waals surface area (Å²) in [6.45, 7) is 3.84. The van der Waals surface area contributed by atoms with Crippen LogP contribution in [0.5, 0.6) is 0 Å². The van der Waals surface area contributed by atoms with Crippen LogP contribution >= 0.6 is 0 Å². The van der Waals surface area contributed by atoms with E-state index in [4.69, 9.17) is 9.47 Å². The van der Waals surface area contributed by atoms with Crippen molar-refractivity contribution in [3.63, 3.8) is 0 Å². The largest absolute Gasteiger partial charge is 0.443 e. The molecule has 0 N–H and O–H groups in total. The van der Waals surface area contributed by atoms with Crippen molar-refractivity contribution >= 4 is 6.09 Å². The standard InChI is InChI=1S/C26H32N2O3/c1-30-18-22-17-27(15-20-9-4-2-5-10-20)19-26(23-13-8-14-23)24(22)31-25(29)28(26)16-21-11-6-3-7-12-21/h2-7,9-12,22-24H,8,13-19H2,1H3/t22-,24+,26+/m0/s1. The maximum atomic E-state index is 13.3. The second-order valence-electron chi connectivity index (χ2n) is 9.37. The number of nitrogens with zero attached hydrogens (tertiary/aromatic N) is 2. The summed E-state index contributed by atoms with van der Waals surface area (Å²) in [5.41, 5.74) is 2.17. The zero-order valence-electron chi connectivity index (χ0n) is 18.3. The molecule has 2 saturated heterocycles. The third kappa shape index (κ3) is 3.74. The number of carbonyl (C=O) groups excluding carboxylic acids is 1. The topological polar surface area (TPSA) is 42.0 Å². The number of hydrogen-bond acceptors (Lipinski definition) is 4. The van der Waals surface area contributed by atoms with Crippen molar-refractivity contribution in [2.24, 2.45) is 11.8 Å². The predicted molar refractivity (Wildman–Crippen MR) is 119 cm³/mol. The fourth-order valence-electron chi connectivity index (χ4n) is 5.91. The zero-order valence-corrected chi connectivity index (χ0v) is 18.3. The molecule has 0 radical (unpaired) electrons. The van der Waals surface area contributed by atoms with E-state index in [0.717, 1.165) is 38.0 Å². The number of piperidine rings is 1. The second kappa shape index (κ2) is 8.64. The van der Waals surface area contributed by atoms with Gasteiger partial charge in [-0.25, -0.2) is 4.79 Å². The molecule has 0 spiro atoms.